The molecule has 2 aromatic rings. The molecule has 2 aromatic carbocycles. The van der Waals surface area contributed by atoms with E-state index in [0.29, 0.717) is 16.9 Å². The van der Waals surface area contributed by atoms with Crippen molar-refractivity contribution in [3.8, 4) is 5.75 Å². The average Bonchev–Trinajstić information content (AvgIpc) is 2.50. The molecule has 0 aliphatic carbocycles. The number of ether oxygens (including phenoxy) is 1. The van der Waals surface area contributed by atoms with E-state index in [2.05, 4.69) is 5.32 Å². The number of hydrogen-bond acceptors (Lipinski definition) is 3. The summed E-state index contributed by atoms with van der Waals surface area (Å²) in [5, 5.41) is 2.31. The molecule has 0 aliphatic heterocycles. The Bertz CT molecular complexity index is 759. The van der Waals surface area contributed by atoms with Gasteiger partial charge in [0.15, 0.2) is 5.78 Å². The Kier molecular flexibility index (Phi) is 5.05. The Labute approximate surface area is 132 Å². The minimum atomic E-state index is -0.732. The minimum absolute atomic E-state index is 0.139. The largest absolute Gasteiger partial charge is 0.496 e. The third kappa shape index (κ3) is 4.12. The molecular weight excluding hydrogens is 304 g/mol. The molecule has 0 spiro atoms. The molecule has 0 saturated carbocycles. The van der Waals surface area contributed by atoms with Crippen LogP contribution in [0.5, 0.6) is 5.75 Å². The van der Waals surface area contributed by atoms with E-state index in [-0.39, 0.29) is 17.9 Å². The number of rotatable bonds is 5. The van der Waals surface area contributed by atoms with E-state index in [0.717, 1.165) is 18.2 Å². The van der Waals surface area contributed by atoms with E-state index >= 15 is 0 Å². The summed E-state index contributed by atoms with van der Waals surface area (Å²) in [4.78, 5) is 23.5. The van der Waals surface area contributed by atoms with Gasteiger partial charge in [-0.25, -0.2) is 8.78 Å². The summed E-state index contributed by atoms with van der Waals surface area (Å²) in [5.74, 6) is -1.65. The van der Waals surface area contributed by atoms with Crippen molar-refractivity contribution in [3.05, 3.63) is 59.2 Å². The zero-order valence-electron chi connectivity index (χ0n) is 12.7. The third-order valence-electron chi connectivity index (χ3n) is 3.24. The van der Waals surface area contributed by atoms with Crippen molar-refractivity contribution < 1.29 is 23.1 Å². The maximum atomic E-state index is 13.5. The van der Waals surface area contributed by atoms with Gasteiger partial charge >= 0.3 is 0 Å². The molecule has 0 heterocycles. The molecule has 1 amide bonds. The van der Waals surface area contributed by atoms with Crippen molar-refractivity contribution in [3.63, 3.8) is 0 Å². The SMILES string of the molecule is COc1ccc(C(C)=O)cc1CC(=O)Nc1cc(F)ccc1F. The van der Waals surface area contributed by atoms with Crippen LogP contribution in [0.4, 0.5) is 14.5 Å². The molecule has 6 heteroatoms. The maximum absolute atomic E-state index is 13.5. The van der Waals surface area contributed by atoms with Crippen molar-refractivity contribution >= 4 is 17.4 Å². The molecule has 23 heavy (non-hydrogen) atoms. The highest BCUT2D eigenvalue weighted by molar-refractivity contribution is 5.96. The van der Waals surface area contributed by atoms with Crippen LogP contribution < -0.4 is 10.1 Å². The number of carbonyl (C=O) groups is 2. The molecule has 0 aromatic heterocycles. The zero-order valence-corrected chi connectivity index (χ0v) is 12.7. The van der Waals surface area contributed by atoms with E-state index < -0.39 is 17.5 Å². The fraction of sp³-hybridized carbons (Fsp3) is 0.176. The van der Waals surface area contributed by atoms with Gasteiger partial charge in [0.25, 0.3) is 0 Å². The van der Waals surface area contributed by atoms with Crippen LogP contribution in [0.2, 0.25) is 0 Å². The number of anilines is 1. The van der Waals surface area contributed by atoms with E-state index in [9.17, 15) is 18.4 Å². The Hall–Kier alpha value is -2.76. The number of halogens is 2. The molecule has 1 N–H and O–H groups in total. The molecule has 4 nitrogen and oxygen atoms in total. The summed E-state index contributed by atoms with van der Waals surface area (Å²) in [6.07, 6.45) is -0.139. The summed E-state index contributed by atoms with van der Waals surface area (Å²) in [7, 11) is 1.44. The Morgan fingerprint density at radius 1 is 1.13 bits per heavy atom. The minimum Gasteiger partial charge on any atom is -0.496 e. The van der Waals surface area contributed by atoms with E-state index in [1.807, 2.05) is 0 Å². The highest BCUT2D eigenvalue weighted by atomic mass is 19.1. The Morgan fingerprint density at radius 2 is 1.87 bits per heavy atom. The van der Waals surface area contributed by atoms with Crippen molar-refractivity contribution in [2.75, 3.05) is 12.4 Å². The number of carbonyl (C=O) groups excluding carboxylic acids is 2. The van der Waals surface area contributed by atoms with E-state index in [1.54, 1.807) is 18.2 Å². The van der Waals surface area contributed by atoms with Gasteiger partial charge in [-0.2, -0.15) is 0 Å². The van der Waals surface area contributed by atoms with Crippen LogP contribution in [0, 0.1) is 11.6 Å². The summed E-state index contributed by atoms with van der Waals surface area (Å²) < 4.78 is 31.8. The molecule has 0 atom stereocenters. The van der Waals surface area contributed by atoms with E-state index in [4.69, 9.17) is 4.74 Å². The quantitative estimate of drug-likeness (QED) is 0.860. The number of amides is 1. The predicted molar refractivity (Wildman–Crippen MR) is 81.7 cm³/mol. The predicted octanol–water partition coefficient (Wildman–Crippen LogP) is 3.36. The third-order valence-corrected chi connectivity index (χ3v) is 3.24. The van der Waals surface area contributed by atoms with Gasteiger partial charge in [-0.3, -0.25) is 9.59 Å². The van der Waals surface area contributed by atoms with Crippen molar-refractivity contribution in [2.24, 2.45) is 0 Å². The van der Waals surface area contributed by atoms with E-state index in [1.165, 1.54) is 14.0 Å². The van der Waals surface area contributed by atoms with Gasteiger partial charge in [0, 0.05) is 17.2 Å². The lowest BCUT2D eigenvalue weighted by Gasteiger charge is -2.11. The summed E-state index contributed by atoms with van der Waals surface area (Å²) in [6, 6.07) is 7.52. The molecule has 120 valence electrons. The summed E-state index contributed by atoms with van der Waals surface area (Å²) in [6.45, 7) is 1.41. The van der Waals surface area contributed by atoms with Crippen LogP contribution in [0.15, 0.2) is 36.4 Å². The van der Waals surface area contributed by atoms with Crippen molar-refractivity contribution in [2.45, 2.75) is 13.3 Å². The lowest BCUT2D eigenvalue weighted by Crippen LogP contribution is -2.16. The number of ketones is 1. The Balaban J connectivity index is 2.21. The smallest absolute Gasteiger partial charge is 0.229 e. The van der Waals surface area contributed by atoms with Crippen LogP contribution in [-0.4, -0.2) is 18.8 Å². The molecule has 0 aliphatic rings. The van der Waals surface area contributed by atoms with Gasteiger partial charge in [0.2, 0.25) is 5.91 Å². The first-order chi connectivity index (χ1) is 10.9. The Morgan fingerprint density at radius 3 is 2.52 bits per heavy atom. The first-order valence-corrected chi connectivity index (χ1v) is 6.83. The van der Waals surface area contributed by atoms with Crippen LogP contribution in [-0.2, 0) is 11.2 Å². The number of Topliss-reactive ketones (excluding diaryl/α,β-unsaturated/α-hetero) is 1. The van der Waals surface area contributed by atoms with Gasteiger partial charge in [-0.05, 0) is 37.3 Å². The number of hydrogen-bond donors (Lipinski definition) is 1. The van der Waals surface area contributed by atoms with Crippen LogP contribution in [0.25, 0.3) is 0 Å². The first-order valence-electron chi connectivity index (χ1n) is 6.83. The standard InChI is InChI=1S/C17H15F2NO3/c1-10(21)11-3-6-16(23-2)12(7-11)8-17(22)20-15-9-13(18)4-5-14(15)19/h3-7,9H,8H2,1-2H3,(H,20,22). The van der Waals surface area contributed by atoms with Crippen LogP contribution in [0.3, 0.4) is 0 Å². The lowest BCUT2D eigenvalue weighted by atomic mass is 10.0. The summed E-state index contributed by atoms with van der Waals surface area (Å²) in [5.41, 5.74) is 0.678. The second-order valence-corrected chi connectivity index (χ2v) is 4.93. The topological polar surface area (TPSA) is 55.4 Å². The van der Waals surface area contributed by atoms with Gasteiger partial charge in [0.1, 0.15) is 17.4 Å². The number of nitrogens with one attached hydrogen (secondary N) is 1. The van der Waals surface area contributed by atoms with Crippen molar-refractivity contribution in [1.82, 2.24) is 0 Å². The van der Waals surface area contributed by atoms with Gasteiger partial charge in [-0.1, -0.05) is 0 Å². The fourth-order valence-electron chi connectivity index (χ4n) is 2.10. The van der Waals surface area contributed by atoms with Crippen LogP contribution >= 0.6 is 0 Å². The molecule has 0 bridgehead atoms. The number of methoxy groups -OCH3 is 1. The normalized spacial score (nSPS) is 10.3. The average molecular weight is 319 g/mol. The molecule has 0 unspecified atom stereocenters. The second kappa shape index (κ2) is 7.00. The highest BCUT2D eigenvalue weighted by Crippen LogP contribution is 2.22. The molecular formula is C17H15F2NO3. The van der Waals surface area contributed by atoms with Gasteiger partial charge in [-0.15, -0.1) is 0 Å². The number of benzene rings is 2. The fourth-order valence-corrected chi connectivity index (χ4v) is 2.10. The summed E-state index contributed by atoms with van der Waals surface area (Å²) >= 11 is 0. The second-order valence-electron chi connectivity index (χ2n) is 4.93. The molecule has 0 fully saturated rings. The first kappa shape index (κ1) is 16.6. The van der Waals surface area contributed by atoms with Crippen molar-refractivity contribution in [1.29, 1.82) is 0 Å². The maximum Gasteiger partial charge on any atom is 0.229 e. The molecule has 0 saturated heterocycles. The molecule has 0 radical (unpaired) electrons. The monoisotopic (exact) mass is 319 g/mol. The van der Waals surface area contributed by atoms with Gasteiger partial charge in [0.05, 0.1) is 19.2 Å². The molecule has 2 rings (SSSR count). The lowest BCUT2D eigenvalue weighted by molar-refractivity contribution is -0.115. The van der Waals surface area contributed by atoms with Gasteiger partial charge < -0.3 is 10.1 Å². The zero-order chi connectivity index (χ0) is 17.0. The van der Waals surface area contributed by atoms with Crippen LogP contribution in [0.1, 0.15) is 22.8 Å². The highest BCUT2D eigenvalue weighted by Gasteiger charge is 2.13.